The van der Waals surface area contributed by atoms with Crippen molar-refractivity contribution < 1.29 is 4.74 Å². The fourth-order valence-corrected chi connectivity index (χ4v) is 2.93. The van der Waals surface area contributed by atoms with Crippen LogP contribution in [0, 0.1) is 0 Å². The minimum atomic E-state index is 0.449. The number of anilines is 1. The molecule has 1 fully saturated rings. The van der Waals surface area contributed by atoms with E-state index in [1.54, 1.807) is 0 Å². The van der Waals surface area contributed by atoms with Crippen LogP contribution in [-0.2, 0) is 4.74 Å². The molecule has 1 heterocycles. The van der Waals surface area contributed by atoms with Crippen LogP contribution in [0.4, 0.5) is 5.69 Å². The molecule has 1 aromatic rings. The van der Waals surface area contributed by atoms with Crippen LogP contribution in [0.25, 0.3) is 0 Å². The van der Waals surface area contributed by atoms with E-state index < -0.39 is 0 Å². The zero-order valence-corrected chi connectivity index (χ0v) is 13.8. The zero-order chi connectivity index (χ0) is 15.1. The SMILES string of the molecule is CCCNC(CCC1CCCO1)c1ccc(N(C)C)cc1. The molecule has 2 unspecified atom stereocenters. The van der Waals surface area contributed by atoms with Crippen molar-refractivity contribution in [1.82, 2.24) is 5.32 Å². The number of hydrogen-bond donors (Lipinski definition) is 1. The molecule has 0 bridgehead atoms. The van der Waals surface area contributed by atoms with Crippen LogP contribution in [0.1, 0.15) is 50.6 Å². The van der Waals surface area contributed by atoms with Crippen molar-refractivity contribution in [2.75, 3.05) is 32.1 Å². The molecule has 0 aromatic heterocycles. The van der Waals surface area contributed by atoms with Crippen molar-refractivity contribution in [3.63, 3.8) is 0 Å². The first-order chi connectivity index (χ1) is 10.2. The summed E-state index contributed by atoms with van der Waals surface area (Å²) in [5.41, 5.74) is 2.65. The van der Waals surface area contributed by atoms with Gasteiger partial charge < -0.3 is 15.0 Å². The van der Waals surface area contributed by atoms with Gasteiger partial charge >= 0.3 is 0 Å². The van der Waals surface area contributed by atoms with Crippen LogP contribution in [0.15, 0.2) is 24.3 Å². The van der Waals surface area contributed by atoms with E-state index in [0.717, 1.165) is 26.0 Å². The van der Waals surface area contributed by atoms with Crippen molar-refractivity contribution in [2.24, 2.45) is 0 Å². The average molecular weight is 290 g/mol. The van der Waals surface area contributed by atoms with Gasteiger partial charge in [-0.1, -0.05) is 19.1 Å². The van der Waals surface area contributed by atoms with Gasteiger partial charge in [0.15, 0.2) is 0 Å². The summed E-state index contributed by atoms with van der Waals surface area (Å²) in [6.45, 7) is 4.25. The molecule has 2 rings (SSSR count). The molecular formula is C18H30N2O. The van der Waals surface area contributed by atoms with Crippen molar-refractivity contribution in [3.8, 4) is 0 Å². The predicted molar refractivity (Wildman–Crippen MR) is 90.0 cm³/mol. The predicted octanol–water partition coefficient (Wildman–Crippen LogP) is 3.75. The molecule has 3 heteroatoms. The van der Waals surface area contributed by atoms with Gasteiger partial charge in [0, 0.05) is 32.4 Å². The van der Waals surface area contributed by atoms with E-state index in [2.05, 4.69) is 55.5 Å². The fraction of sp³-hybridized carbons (Fsp3) is 0.667. The van der Waals surface area contributed by atoms with Crippen LogP contribution >= 0.6 is 0 Å². The molecule has 1 N–H and O–H groups in total. The Labute approximate surface area is 129 Å². The Kier molecular flexibility index (Phi) is 6.52. The van der Waals surface area contributed by atoms with Gasteiger partial charge in [-0.05, 0) is 56.3 Å². The molecule has 0 aliphatic carbocycles. The van der Waals surface area contributed by atoms with Gasteiger partial charge in [0.1, 0.15) is 0 Å². The van der Waals surface area contributed by atoms with E-state index in [9.17, 15) is 0 Å². The average Bonchev–Trinajstić information content (AvgIpc) is 3.01. The van der Waals surface area contributed by atoms with E-state index in [1.807, 2.05) is 0 Å². The summed E-state index contributed by atoms with van der Waals surface area (Å²) in [6, 6.07) is 9.39. The first kappa shape index (κ1) is 16.3. The Morgan fingerprint density at radius 1 is 1.29 bits per heavy atom. The second-order valence-corrected chi connectivity index (χ2v) is 6.21. The topological polar surface area (TPSA) is 24.5 Å². The molecular weight excluding hydrogens is 260 g/mol. The third kappa shape index (κ3) is 5.01. The number of rotatable bonds is 8. The number of nitrogens with zero attached hydrogens (tertiary/aromatic N) is 1. The standard InChI is InChI=1S/C18H30N2O/c1-4-13-19-18(12-11-17-6-5-14-21-17)15-7-9-16(10-8-15)20(2)3/h7-10,17-19H,4-6,11-14H2,1-3H3. The number of nitrogens with one attached hydrogen (secondary N) is 1. The van der Waals surface area contributed by atoms with E-state index in [1.165, 1.54) is 30.5 Å². The highest BCUT2D eigenvalue weighted by Crippen LogP contribution is 2.25. The first-order valence-electron chi connectivity index (χ1n) is 8.33. The highest BCUT2D eigenvalue weighted by molar-refractivity contribution is 5.46. The molecule has 1 saturated heterocycles. The van der Waals surface area contributed by atoms with Gasteiger partial charge in [0.2, 0.25) is 0 Å². The summed E-state index contributed by atoms with van der Waals surface area (Å²) in [5.74, 6) is 0. The van der Waals surface area contributed by atoms with Gasteiger partial charge in [-0.2, -0.15) is 0 Å². The molecule has 2 atom stereocenters. The van der Waals surface area contributed by atoms with Gasteiger partial charge in [-0.15, -0.1) is 0 Å². The molecule has 3 nitrogen and oxygen atoms in total. The molecule has 0 saturated carbocycles. The van der Waals surface area contributed by atoms with Crippen LogP contribution in [0.2, 0.25) is 0 Å². The van der Waals surface area contributed by atoms with E-state index >= 15 is 0 Å². The minimum Gasteiger partial charge on any atom is -0.378 e. The van der Waals surface area contributed by atoms with Crippen molar-refractivity contribution in [3.05, 3.63) is 29.8 Å². The van der Waals surface area contributed by atoms with Crippen LogP contribution in [0.5, 0.6) is 0 Å². The van der Waals surface area contributed by atoms with Gasteiger partial charge in [0.05, 0.1) is 6.10 Å². The molecule has 1 aromatic carbocycles. The fourth-order valence-electron chi connectivity index (χ4n) is 2.93. The molecule has 1 aliphatic rings. The monoisotopic (exact) mass is 290 g/mol. The maximum Gasteiger partial charge on any atom is 0.0576 e. The Morgan fingerprint density at radius 3 is 2.62 bits per heavy atom. The Hall–Kier alpha value is -1.06. The lowest BCUT2D eigenvalue weighted by molar-refractivity contribution is 0.0996. The lowest BCUT2D eigenvalue weighted by Gasteiger charge is -2.22. The molecule has 0 radical (unpaired) electrons. The second kappa shape index (κ2) is 8.40. The molecule has 21 heavy (non-hydrogen) atoms. The summed E-state index contributed by atoms with van der Waals surface area (Å²) >= 11 is 0. The normalized spacial score (nSPS) is 19.7. The minimum absolute atomic E-state index is 0.449. The lowest BCUT2D eigenvalue weighted by atomic mass is 9.98. The molecule has 0 spiro atoms. The molecule has 118 valence electrons. The van der Waals surface area contributed by atoms with Gasteiger partial charge in [0.25, 0.3) is 0 Å². The Bertz CT molecular complexity index is 396. The number of benzene rings is 1. The lowest BCUT2D eigenvalue weighted by Crippen LogP contribution is -2.23. The third-order valence-corrected chi connectivity index (χ3v) is 4.25. The van der Waals surface area contributed by atoms with Gasteiger partial charge in [-0.25, -0.2) is 0 Å². The number of ether oxygens (including phenoxy) is 1. The molecule has 0 amide bonds. The van der Waals surface area contributed by atoms with E-state index in [0.29, 0.717) is 12.1 Å². The van der Waals surface area contributed by atoms with Crippen LogP contribution < -0.4 is 10.2 Å². The Balaban J connectivity index is 1.96. The molecule has 1 aliphatic heterocycles. The summed E-state index contributed by atoms with van der Waals surface area (Å²) in [5, 5.41) is 3.69. The zero-order valence-electron chi connectivity index (χ0n) is 13.8. The maximum absolute atomic E-state index is 5.76. The van der Waals surface area contributed by atoms with Gasteiger partial charge in [-0.3, -0.25) is 0 Å². The summed E-state index contributed by atoms with van der Waals surface area (Å²) in [7, 11) is 4.17. The van der Waals surface area contributed by atoms with Crippen molar-refractivity contribution in [1.29, 1.82) is 0 Å². The highest BCUT2D eigenvalue weighted by atomic mass is 16.5. The van der Waals surface area contributed by atoms with E-state index in [-0.39, 0.29) is 0 Å². The maximum atomic E-state index is 5.76. The number of hydrogen-bond acceptors (Lipinski definition) is 3. The summed E-state index contributed by atoms with van der Waals surface area (Å²) in [4.78, 5) is 2.14. The largest absolute Gasteiger partial charge is 0.378 e. The Morgan fingerprint density at radius 2 is 2.05 bits per heavy atom. The smallest absolute Gasteiger partial charge is 0.0576 e. The highest BCUT2D eigenvalue weighted by Gasteiger charge is 2.18. The second-order valence-electron chi connectivity index (χ2n) is 6.21. The summed E-state index contributed by atoms with van der Waals surface area (Å²) in [6.07, 6.45) is 6.45. The van der Waals surface area contributed by atoms with Crippen molar-refractivity contribution >= 4 is 5.69 Å². The van der Waals surface area contributed by atoms with Crippen molar-refractivity contribution in [2.45, 2.75) is 51.2 Å². The summed E-state index contributed by atoms with van der Waals surface area (Å²) < 4.78 is 5.76. The van der Waals surface area contributed by atoms with Crippen LogP contribution in [0.3, 0.4) is 0 Å². The first-order valence-corrected chi connectivity index (χ1v) is 8.33. The third-order valence-electron chi connectivity index (χ3n) is 4.25. The quantitative estimate of drug-likeness (QED) is 0.789. The van der Waals surface area contributed by atoms with Crippen LogP contribution in [-0.4, -0.2) is 33.4 Å². The van der Waals surface area contributed by atoms with E-state index in [4.69, 9.17) is 4.74 Å².